The quantitative estimate of drug-likeness (QED) is 0.884. The standard InChI is InChI=1S/C17H18O4/c1-20-15-11-8-13(17(21-2)16(15)19)5-3-4-12-6-9-14(18)10-7-12/h3-4,6-11,18-19H,5H2,1-2H3/b4-3+. The normalized spacial score (nSPS) is 10.8. The lowest BCUT2D eigenvalue weighted by molar-refractivity contribution is 0.338. The molecule has 0 aliphatic heterocycles. The van der Waals surface area contributed by atoms with Gasteiger partial charge >= 0.3 is 0 Å². The zero-order valence-electron chi connectivity index (χ0n) is 12.0. The van der Waals surface area contributed by atoms with Gasteiger partial charge in [0.1, 0.15) is 5.75 Å². The second-order valence-electron chi connectivity index (χ2n) is 4.51. The Morgan fingerprint density at radius 3 is 2.29 bits per heavy atom. The van der Waals surface area contributed by atoms with E-state index in [-0.39, 0.29) is 11.5 Å². The SMILES string of the molecule is COc1ccc(C/C=C/c2ccc(O)cc2)c(OC)c1O. The van der Waals surface area contributed by atoms with E-state index in [1.165, 1.54) is 14.2 Å². The van der Waals surface area contributed by atoms with Gasteiger partial charge in [-0.05, 0) is 30.2 Å². The average Bonchev–Trinajstić information content (AvgIpc) is 2.49. The van der Waals surface area contributed by atoms with Crippen LogP contribution in [0.25, 0.3) is 6.08 Å². The fourth-order valence-corrected chi connectivity index (χ4v) is 2.06. The molecule has 0 aromatic heterocycles. The van der Waals surface area contributed by atoms with Crippen molar-refractivity contribution in [1.29, 1.82) is 0 Å². The van der Waals surface area contributed by atoms with Gasteiger partial charge in [-0.3, -0.25) is 0 Å². The Morgan fingerprint density at radius 2 is 1.67 bits per heavy atom. The molecule has 0 aliphatic rings. The van der Waals surface area contributed by atoms with Crippen molar-refractivity contribution in [2.45, 2.75) is 6.42 Å². The highest BCUT2D eigenvalue weighted by Gasteiger charge is 2.12. The predicted octanol–water partition coefficient (Wildman–Crippen LogP) is 3.37. The van der Waals surface area contributed by atoms with Crippen LogP contribution in [0.5, 0.6) is 23.0 Å². The summed E-state index contributed by atoms with van der Waals surface area (Å²) in [7, 11) is 3.01. The molecular formula is C17H18O4. The largest absolute Gasteiger partial charge is 0.508 e. The van der Waals surface area contributed by atoms with Crippen LogP contribution in [0.1, 0.15) is 11.1 Å². The van der Waals surface area contributed by atoms with E-state index in [2.05, 4.69) is 0 Å². The topological polar surface area (TPSA) is 58.9 Å². The molecule has 0 saturated heterocycles. The molecule has 0 heterocycles. The Labute approximate surface area is 123 Å². The number of ether oxygens (including phenoxy) is 2. The molecule has 0 unspecified atom stereocenters. The van der Waals surface area contributed by atoms with Crippen molar-refractivity contribution in [2.24, 2.45) is 0 Å². The Hall–Kier alpha value is -2.62. The Kier molecular flexibility index (Phi) is 4.72. The highest BCUT2D eigenvalue weighted by molar-refractivity contribution is 5.57. The van der Waals surface area contributed by atoms with Crippen LogP contribution in [0.15, 0.2) is 42.5 Å². The number of aromatic hydroxyl groups is 2. The van der Waals surface area contributed by atoms with E-state index in [9.17, 15) is 10.2 Å². The fraction of sp³-hybridized carbons (Fsp3) is 0.176. The van der Waals surface area contributed by atoms with Gasteiger partial charge in [-0.15, -0.1) is 0 Å². The van der Waals surface area contributed by atoms with Crippen molar-refractivity contribution in [1.82, 2.24) is 0 Å². The highest BCUT2D eigenvalue weighted by Crippen LogP contribution is 2.38. The van der Waals surface area contributed by atoms with E-state index >= 15 is 0 Å². The van der Waals surface area contributed by atoms with Crippen LogP contribution in [-0.2, 0) is 6.42 Å². The van der Waals surface area contributed by atoms with Crippen molar-refractivity contribution in [2.75, 3.05) is 14.2 Å². The van der Waals surface area contributed by atoms with Crippen molar-refractivity contribution >= 4 is 6.08 Å². The number of allylic oxidation sites excluding steroid dienone is 1. The molecule has 2 rings (SSSR count). The molecular weight excluding hydrogens is 268 g/mol. The van der Waals surface area contributed by atoms with Crippen LogP contribution >= 0.6 is 0 Å². The summed E-state index contributed by atoms with van der Waals surface area (Å²) in [5, 5.41) is 19.2. The van der Waals surface area contributed by atoms with E-state index in [1.807, 2.05) is 30.4 Å². The third-order valence-electron chi connectivity index (χ3n) is 3.14. The highest BCUT2D eigenvalue weighted by atomic mass is 16.5. The zero-order valence-corrected chi connectivity index (χ0v) is 12.0. The molecule has 4 heteroatoms. The summed E-state index contributed by atoms with van der Waals surface area (Å²) in [6, 6.07) is 10.5. The molecule has 0 fully saturated rings. The van der Waals surface area contributed by atoms with E-state index in [0.717, 1.165) is 11.1 Å². The van der Waals surface area contributed by atoms with E-state index in [1.54, 1.807) is 18.2 Å². The third kappa shape index (κ3) is 3.48. The van der Waals surface area contributed by atoms with Gasteiger partial charge < -0.3 is 19.7 Å². The molecule has 0 atom stereocenters. The number of phenolic OH excluding ortho intramolecular Hbond substituents is 2. The first-order valence-corrected chi connectivity index (χ1v) is 6.54. The molecule has 0 aliphatic carbocycles. The van der Waals surface area contributed by atoms with Gasteiger partial charge in [0, 0.05) is 5.56 Å². The predicted molar refractivity (Wildman–Crippen MR) is 82.1 cm³/mol. The van der Waals surface area contributed by atoms with Gasteiger partial charge in [-0.1, -0.05) is 30.4 Å². The molecule has 0 bridgehead atoms. The van der Waals surface area contributed by atoms with Gasteiger partial charge in [0.25, 0.3) is 0 Å². The zero-order chi connectivity index (χ0) is 15.2. The van der Waals surface area contributed by atoms with Gasteiger partial charge in [0.2, 0.25) is 5.75 Å². The van der Waals surface area contributed by atoms with Crippen molar-refractivity contribution in [3.63, 3.8) is 0 Å². The Balaban J connectivity index is 2.16. The molecule has 0 saturated carbocycles. The third-order valence-corrected chi connectivity index (χ3v) is 3.14. The summed E-state index contributed by atoms with van der Waals surface area (Å²) < 4.78 is 10.3. The molecule has 2 N–H and O–H groups in total. The van der Waals surface area contributed by atoms with Crippen LogP contribution in [0.2, 0.25) is 0 Å². The summed E-state index contributed by atoms with van der Waals surface area (Å²) in [4.78, 5) is 0. The van der Waals surface area contributed by atoms with E-state index in [4.69, 9.17) is 9.47 Å². The van der Waals surface area contributed by atoms with Crippen LogP contribution < -0.4 is 9.47 Å². The smallest absolute Gasteiger partial charge is 0.201 e. The second kappa shape index (κ2) is 6.70. The van der Waals surface area contributed by atoms with Crippen molar-refractivity contribution < 1.29 is 19.7 Å². The molecule has 0 spiro atoms. The number of methoxy groups -OCH3 is 2. The van der Waals surface area contributed by atoms with E-state index in [0.29, 0.717) is 17.9 Å². The summed E-state index contributed by atoms with van der Waals surface area (Å²) in [5.41, 5.74) is 1.86. The molecule has 110 valence electrons. The number of hydrogen-bond acceptors (Lipinski definition) is 4. The first-order chi connectivity index (χ1) is 10.2. The maximum absolute atomic E-state index is 10.0. The molecule has 0 radical (unpaired) electrons. The number of hydrogen-bond donors (Lipinski definition) is 2. The minimum atomic E-state index is 0.00975. The second-order valence-corrected chi connectivity index (χ2v) is 4.51. The van der Waals surface area contributed by atoms with Crippen LogP contribution in [-0.4, -0.2) is 24.4 Å². The summed E-state index contributed by atoms with van der Waals surface area (Å²) in [5.74, 6) is 1.06. The van der Waals surface area contributed by atoms with Crippen molar-refractivity contribution in [3.8, 4) is 23.0 Å². The minimum absolute atomic E-state index is 0.00975. The molecule has 2 aromatic rings. The van der Waals surface area contributed by atoms with Crippen LogP contribution in [0, 0.1) is 0 Å². The maximum atomic E-state index is 10.0. The average molecular weight is 286 g/mol. The van der Waals surface area contributed by atoms with E-state index < -0.39 is 0 Å². The summed E-state index contributed by atoms with van der Waals surface area (Å²) in [6.45, 7) is 0. The number of benzene rings is 2. The monoisotopic (exact) mass is 286 g/mol. The lowest BCUT2D eigenvalue weighted by Crippen LogP contribution is -1.94. The number of rotatable bonds is 5. The van der Waals surface area contributed by atoms with Gasteiger partial charge in [-0.25, -0.2) is 0 Å². The van der Waals surface area contributed by atoms with Gasteiger partial charge in [0.15, 0.2) is 11.5 Å². The lowest BCUT2D eigenvalue weighted by Gasteiger charge is -2.11. The van der Waals surface area contributed by atoms with Crippen molar-refractivity contribution in [3.05, 3.63) is 53.6 Å². The minimum Gasteiger partial charge on any atom is -0.508 e. The number of phenols is 2. The molecule has 21 heavy (non-hydrogen) atoms. The Morgan fingerprint density at radius 1 is 0.952 bits per heavy atom. The van der Waals surface area contributed by atoms with Gasteiger partial charge in [0.05, 0.1) is 14.2 Å². The maximum Gasteiger partial charge on any atom is 0.201 e. The fourth-order valence-electron chi connectivity index (χ4n) is 2.06. The Bertz CT molecular complexity index is 630. The summed E-state index contributed by atoms with van der Waals surface area (Å²) in [6.07, 6.45) is 4.53. The molecule has 4 nitrogen and oxygen atoms in total. The first kappa shape index (κ1) is 14.8. The molecule has 0 amide bonds. The lowest BCUT2D eigenvalue weighted by atomic mass is 10.1. The molecule has 2 aromatic carbocycles. The van der Waals surface area contributed by atoms with Crippen LogP contribution in [0.3, 0.4) is 0 Å². The summed E-state index contributed by atoms with van der Waals surface area (Å²) >= 11 is 0. The van der Waals surface area contributed by atoms with Crippen LogP contribution in [0.4, 0.5) is 0 Å². The first-order valence-electron chi connectivity index (χ1n) is 6.54. The van der Waals surface area contributed by atoms with Gasteiger partial charge in [-0.2, -0.15) is 0 Å².